The van der Waals surface area contributed by atoms with Gasteiger partial charge in [-0.25, -0.2) is 0 Å². The van der Waals surface area contributed by atoms with Gasteiger partial charge in [0.2, 0.25) is 5.91 Å². The van der Waals surface area contributed by atoms with Gasteiger partial charge >= 0.3 is 0 Å². The number of hydrogen-bond acceptors (Lipinski definition) is 4. The molecule has 1 amide bonds. The maximum Gasteiger partial charge on any atom is 0.225 e. The second-order valence-corrected chi connectivity index (χ2v) is 6.87. The first-order valence-electron chi connectivity index (χ1n) is 8.60. The summed E-state index contributed by atoms with van der Waals surface area (Å²) in [5.41, 5.74) is 5.93. The Kier molecular flexibility index (Phi) is 5.14. The van der Waals surface area contributed by atoms with Crippen LogP contribution in [0.5, 0.6) is 0 Å². The van der Waals surface area contributed by atoms with Gasteiger partial charge < -0.3 is 15.4 Å². The molecule has 1 saturated carbocycles. The summed E-state index contributed by atoms with van der Waals surface area (Å²) in [5, 5.41) is 0. The minimum Gasteiger partial charge on any atom is -0.377 e. The highest BCUT2D eigenvalue weighted by Gasteiger charge is 2.30. The average Bonchev–Trinajstić information content (AvgIpc) is 3.01. The number of hydrogen-bond donors (Lipinski definition) is 1. The number of rotatable bonds is 3. The number of nitrogens with two attached hydrogens (primary N) is 1. The lowest BCUT2D eigenvalue weighted by molar-refractivity contribution is -0.138. The molecule has 2 aliphatic heterocycles. The third-order valence-electron chi connectivity index (χ3n) is 5.29. The summed E-state index contributed by atoms with van der Waals surface area (Å²) in [5.74, 6) is 0.605. The van der Waals surface area contributed by atoms with Gasteiger partial charge in [-0.1, -0.05) is 0 Å². The molecule has 0 aromatic heterocycles. The zero-order valence-corrected chi connectivity index (χ0v) is 13.0. The zero-order chi connectivity index (χ0) is 14.7. The first-order valence-corrected chi connectivity index (χ1v) is 8.60. The number of nitrogens with zero attached hydrogens (tertiary/aromatic N) is 2. The van der Waals surface area contributed by atoms with E-state index in [1.54, 1.807) is 0 Å². The first-order chi connectivity index (χ1) is 10.2. The van der Waals surface area contributed by atoms with Crippen molar-refractivity contribution < 1.29 is 9.53 Å². The number of ether oxygens (including phenoxy) is 1. The molecule has 3 aliphatic rings. The molecule has 0 spiro atoms. The van der Waals surface area contributed by atoms with Crippen LogP contribution in [0.25, 0.3) is 0 Å². The van der Waals surface area contributed by atoms with Crippen molar-refractivity contribution in [2.75, 3.05) is 39.3 Å². The number of carbonyl (C=O) groups is 1. The molecular weight excluding hydrogens is 266 g/mol. The molecule has 2 N–H and O–H groups in total. The van der Waals surface area contributed by atoms with Crippen molar-refractivity contribution in [2.24, 2.45) is 11.7 Å². The molecule has 120 valence electrons. The fraction of sp³-hybridized carbons (Fsp3) is 0.938. The van der Waals surface area contributed by atoms with Crippen LogP contribution in [0.2, 0.25) is 0 Å². The van der Waals surface area contributed by atoms with E-state index < -0.39 is 0 Å². The lowest BCUT2D eigenvalue weighted by atomic mass is 9.85. The van der Waals surface area contributed by atoms with Gasteiger partial charge in [-0.05, 0) is 38.5 Å². The second-order valence-electron chi connectivity index (χ2n) is 6.87. The molecule has 3 rings (SSSR count). The third-order valence-corrected chi connectivity index (χ3v) is 5.29. The first kappa shape index (κ1) is 15.3. The quantitative estimate of drug-likeness (QED) is 0.838. The molecule has 2 heterocycles. The van der Waals surface area contributed by atoms with Crippen LogP contribution in [0.4, 0.5) is 0 Å². The highest BCUT2D eigenvalue weighted by Crippen LogP contribution is 2.25. The summed E-state index contributed by atoms with van der Waals surface area (Å²) < 4.78 is 5.70. The van der Waals surface area contributed by atoms with Crippen LogP contribution in [0, 0.1) is 5.92 Å². The summed E-state index contributed by atoms with van der Waals surface area (Å²) in [6.07, 6.45) is 6.80. The van der Waals surface area contributed by atoms with Crippen molar-refractivity contribution in [1.29, 1.82) is 0 Å². The predicted octanol–water partition coefficient (Wildman–Crippen LogP) is 0.827. The van der Waals surface area contributed by atoms with Gasteiger partial charge in [0.1, 0.15) is 0 Å². The molecule has 0 aromatic rings. The van der Waals surface area contributed by atoms with E-state index in [9.17, 15) is 4.79 Å². The van der Waals surface area contributed by atoms with E-state index in [-0.39, 0.29) is 5.92 Å². The van der Waals surface area contributed by atoms with Gasteiger partial charge in [-0.2, -0.15) is 0 Å². The lowest BCUT2D eigenvalue weighted by Crippen LogP contribution is -2.52. The Morgan fingerprint density at radius 2 is 1.76 bits per heavy atom. The van der Waals surface area contributed by atoms with E-state index in [1.165, 1.54) is 12.8 Å². The highest BCUT2D eigenvalue weighted by molar-refractivity contribution is 5.79. The van der Waals surface area contributed by atoms with Crippen LogP contribution in [-0.4, -0.2) is 67.2 Å². The van der Waals surface area contributed by atoms with E-state index in [0.717, 1.165) is 65.0 Å². The van der Waals surface area contributed by atoms with Crippen LogP contribution in [0.15, 0.2) is 0 Å². The predicted molar refractivity (Wildman–Crippen MR) is 81.9 cm³/mol. The molecule has 2 saturated heterocycles. The Balaban J connectivity index is 1.41. The molecule has 5 heteroatoms. The molecule has 1 unspecified atom stereocenters. The lowest BCUT2D eigenvalue weighted by Gasteiger charge is -2.38. The van der Waals surface area contributed by atoms with Crippen molar-refractivity contribution in [3.8, 4) is 0 Å². The maximum absolute atomic E-state index is 12.6. The molecule has 5 nitrogen and oxygen atoms in total. The summed E-state index contributed by atoms with van der Waals surface area (Å²) >= 11 is 0. The van der Waals surface area contributed by atoms with Crippen molar-refractivity contribution >= 4 is 5.91 Å². The van der Waals surface area contributed by atoms with E-state index in [0.29, 0.717) is 18.1 Å². The monoisotopic (exact) mass is 295 g/mol. The summed E-state index contributed by atoms with van der Waals surface area (Å²) in [7, 11) is 0. The smallest absolute Gasteiger partial charge is 0.225 e. The standard InChI is InChI=1S/C16H29N3O2/c17-14-5-3-13(4-6-14)16(20)19-9-7-18(8-10-19)12-15-2-1-11-21-15/h13-15H,1-12,17H2. The summed E-state index contributed by atoms with van der Waals surface area (Å²) in [6, 6.07) is 0.317. The number of amides is 1. The minimum absolute atomic E-state index is 0.231. The van der Waals surface area contributed by atoms with Gasteiger partial charge in [-0.15, -0.1) is 0 Å². The largest absolute Gasteiger partial charge is 0.377 e. The van der Waals surface area contributed by atoms with E-state index in [1.807, 2.05) is 0 Å². The molecule has 1 aliphatic carbocycles. The third kappa shape index (κ3) is 3.96. The van der Waals surface area contributed by atoms with Crippen molar-refractivity contribution in [1.82, 2.24) is 9.80 Å². The van der Waals surface area contributed by atoms with Crippen LogP contribution in [0.1, 0.15) is 38.5 Å². The SMILES string of the molecule is NC1CCC(C(=O)N2CCN(CC3CCCO3)CC2)CC1. The van der Waals surface area contributed by atoms with Crippen LogP contribution >= 0.6 is 0 Å². The van der Waals surface area contributed by atoms with Crippen LogP contribution < -0.4 is 5.73 Å². The topological polar surface area (TPSA) is 58.8 Å². The number of carbonyl (C=O) groups excluding carboxylic acids is 1. The summed E-state index contributed by atoms with van der Waals surface area (Å²) in [4.78, 5) is 17.1. The highest BCUT2D eigenvalue weighted by atomic mass is 16.5. The fourth-order valence-electron chi connectivity index (χ4n) is 3.85. The molecule has 3 fully saturated rings. The Hall–Kier alpha value is -0.650. The van der Waals surface area contributed by atoms with E-state index in [4.69, 9.17) is 10.5 Å². The van der Waals surface area contributed by atoms with Crippen molar-refractivity contribution in [3.63, 3.8) is 0 Å². The maximum atomic E-state index is 12.6. The Bertz CT molecular complexity index is 341. The second kappa shape index (κ2) is 7.07. The zero-order valence-electron chi connectivity index (χ0n) is 13.0. The van der Waals surface area contributed by atoms with Gasteiger partial charge in [0.25, 0.3) is 0 Å². The van der Waals surface area contributed by atoms with Gasteiger partial charge in [0, 0.05) is 51.3 Å². The molecule has 0 aromatic carbocycles. The Morgan fingerprint density at radius 3 is 2.38 bits per heavy atom. The van der Waals surface area contributed by atoms with Gasteiger partial charge in [0.05, 0.1) is 6.10 Å². The van der Waals surface area contributed by atoms with Crippen LogP contribution in [-0.2, 0) is 9.53 Å². The van der Waals surface area contributed by atoms with Crippen molar-refractivity contribution in [3.05, 3.63) is 0 Å². The Morgan fingerprint density at radius 1 is 1.05 bits per heavy atom. The molecule has 0 bridgehead atoms. The van der Waals surface area contributed by atoms with E-state index in [2.05, 4.69) is 9.80 Å². The average molecular weight is 295 g/mol. The molecule has 0 radical (unpaired) electrons. The fourth-order valence-corrected chi connectivity index (χ4v) is 3.85. The molecular formula is C16H29N3O2. The number of piperazine rings is 1. The Labute approximate surface area is 127 Å². The normalized spacial score (nSPS) is 35.1. The van der Waals surface area contributed by atoms with Gasteiger partial charge in [0.15, 0.2) is 0 Å². The van der Waals surface area contributed by atoms with E-state index >= 15 is 0 Å². The molecule has 21 heavy (non-hydrogen) atoms. The van der Waals surface area contributed by atoms with Crippen LogP contribution in [0.3, 0.4) is 0 Å². The molecule has 1 atom stereocenters. The van der Waals surface area contributed by atoms with Gasteiger partial charge in [-0.3, -0.25) is 9.69 Å². The summed E-state index contributed by atoms with van der Waals surface area (Å²) in [6.45, 7) is 5.73. The van der Waals surface area contributed by atoms with Crippen molar-refractivity contribution in [2.45, 2.75) is 50.7 Å². The minimum atomic E-state index is 0.231.